The molecule has 0 saturated heterocycles. The Kier molecular flexibility index (Phi) is 13.5. The van der Waals surface area contributed by atoms with E-state index >= 15 is 0 Å². The normalized spacial score (nSPS) is 12.5. The molecule has 0 aliphatic heterocycles. The van der Waals surface area contributed by atoms with E-state index in [1.165, 1.54) is 77.0 Å². The van der Waals surface area contributed by atoms with Crippen LogP contribution < -0.4 is 21.9 Å². The van der Waals surface area contributed by atoms with Gasteiger partial charge in [-0.3, -0.25) is 0 Å². The van der Waals surface area contributed by atoms with Gasteiger partial charge in [-0.15, -0.1) is 7.92 Å². The molecule has 61 heavy (non-hydrogen) atoms. The summed E-state index contributed by atoms with van der Waals surface area (Å²) < 4.78 is 0. The molecular formula is C57H55B2P2+. The van der Waals surface area contributed by atoms with Gasteiger partial charge in [-0.2, -0.15) is 0 Å². The average Bonchev–Trinajstić information content (AvgIpc) is 3.29. The fraction of sp³-hybridized carbons (Fsp3) is 0.123. The third kappa shape index (κ3) is 10.2. The zero-order valence-electron chi connectivity index (χ0n) is 36.2. The lowest BCUT2D eigenvalue weighted by molar-refractivity contribution is 1.55. The Bertz CT molecular complexity index is 2650. The molecule has 0 aliphatic carbocycles. The van der Waals surface area contributed by atoms with Crippen molar-refractivity contribution >= 4 is 83.3 Å². The molecular weight excluding hydrogens is 768 g/mol. The molecule has 8 aromatic carbocycles. The van der Waals surface area contributed by atoms with Crippen LogP contribution in [0.2, 0.25) is 0 Å². The maximum absolute atomic E-state index is 2.48. The molecule has 0 bridgehead atoms. The Morgan fingerprint density at radius 3 is 1.02 bits per heavy atom. The first kappa shape index (κ1) is 42.2. The standard InChI is InChI=1S/C57H55B2P2/c1-60(2)42-54(56(44-24-12-6-13-25-44)58(50-28-16-8-17-29-50)51-30-18-9-19-31-51)48-38-36-47-41-49(39-37-46(47)40-48)55(43-61(3,4)5)57(45-26-14-7-15-27-45)59(52-32-20-10-21-33-52)53-34-22-11-23-35-53/h6-41H,42-43H2,1-5H3/q+1/b56-54+,57-55+. The van der Waals surface area contributed by atoms with Crippen LogP contribution in [-0.4, -0.2) is 59.1 Å². The summed E-state index contributed by atoms with van der Waals surface area (Å²) in [5.41, 5.74) is 16.1. The SMILES string of the molecule is CP(C)C/C(=C(\B(c1ccccc1)c1ccccc1)c1ccccc1)c1ccc2cc(/C(C[P+](C)(C)C)=C(/B(c3ccccc3)c3ccccc3)c3ccccc3)ccc2c1. The molecule has 0 radical (unpaired) electrons. The monoisotopic (exact) mass is 823 g/mol. The van der Waals surface area contributed by atoms with Gasteiger partial charge in [0.25, 0.3) is 0 Å². The number of benzene rings is 8. The van der Waals surface area contributed by atoms with E-state index in [4.69, 9.17) is 0 Å². The molecule has 8 rings (SSSR count). The van der Waals surface area contributed by atoms with Crippen molar-refractivity contribution in [3.8, 4) is 0 Å². The van der Waals surface area contributed by atoms with Crippen LogP contribution in [0.3, 0.4) is 0 Å². The van der Waals surface area contributed by atoms with E-state index in [1.54, 1.807) is 0 Å². The molecule has 0 aliphatic rings. The molecule has 0 unspecified atom stereocenters. The molecule has 298 valence electrons. The van der Waals surface area contributed by atoms with E-state index in [0.717, 1.165) is 12.3 Å². The summed E-state index contributed by atoms with van der Waals surface area (Å²) in [4.78, 5) is 0. The van der Waals surface area contributed by atoms with Crippen LogP contribution in [-0.2, 0) is 0 Å². The highest BCUT2D eigenvalue weighted by atomic mass is 31.2. The van der Waals surface area contributed by atoms with E-state index in [1.807, 2.05) is 0 Å². The first-order valence-electron chi connectivity index (χ1n) is 21.5. The summed E-state index contributed by atoms with van der Waals surface area (Å²) in [6.07, 6.45) is 2.07. The maximum atomic E-state index is 2.48. The lowest BCUT2D eigenvalue weighted by atomic mass is 9.34. The van der Waals surface area contributed by atoms with E-state index in [9.17, 15) is 0 Å². The second kappa shape index (κ2) is 19.5. The van der Waals surface area contributed by atoms with E-state index < -0.39 is 7.26 Å². The smallest absolute Gasteiger partial charge is 0.109 e. The van der Waals surface area contributed by atoms with Crippen molar-refractivity contribution in [2.75, 3.05) is 45.6 Å². The molecule has 4 heteroatoms. The van der Waals surface area contributed by atoms with Gasteiger partial charge in [0.1, 0.15) is 0 Å². The molecule has 0 heterocycles. The third-order valence-electron chi connectivity index (χ3n) is 11.6. The van der Waals surface area contributed by atoms with Crippen LogP contribution in [0.25, 0.3) is 32.9 Å². The van der Waals surface area contributed by atoms with Crippen molar-refractivity contribution in [1.82, 2.24) is 0 Å². The number of hydrogen-bond acceptors (Lipinski definition) is 0. The zero-order valence-corrected chi connectivity index (χ0v) is 38.0. The minimum atomic E-state index is -1.29. The van der Waals surface area contributed by atoms with Crippen molar-refractivity contribution in [3.63, 3.8) is 0 Å². The molecule has 0 amide bonds. The highest BCUT2D eigenvalue weighted by molar-refractivity contribution is 7.74. The fourth-order valence-corrected chi connectivity index (χ4v) is 11.3. The van der Waals surface area contributed by atoms with Gasteiger partial charge >= 0.3 is 0 Å². The van der Waals surface area contributed by atoms with Crippen molar-refractivity contribution in [2.45, 2.75) is 0 Å². The summed E-state index contributed by atoms with van der Waals surface area (Å²) in [5, 5.41) is 2.54. The highest BCUT2D eigenvalue weighted by Crippen LogP contribution is 2.51. The van der Waals surface area contributed by atoms with Crippen LogP contribution in [0.15, 0.2) is 218 Å². The number of rotatable bonds is 14. The minimum Gasteiger partial charge on any atom is -0.109 e. The number of fused-ring (bicyclic) bond motifs is 1. The lowest BCUT2D eigenvalue weighted by Gasteiger charge is -2.26. The summed E-state index contributed by atoms with van der Waals surface area (Å²) in [5.74, 6) is 0. The summed E-state index contributed by atoms with van der Waals surface area (Å²) in [7, 11) is -1.55. The Morgan fingerprint density at radius 2 is 0.689 bits per heavy atom. The van der Waals surface area contributed by atoms with Gasteiger partial charge in [-0.25, -0.2) is 0 Å². The minimum absolute atomic E-state index is 0.0775. The van der Waals surface area contributed by atoms with Gasteiger partial charge < -0.3 is 0 Å². The second-order valence-corrected chi connectivity index (χ2v) is 24.9. The number of hydrogen-bond donors (Lipinski definition) is 0. The maximum Gasteiger partial charge on any atom is 0.242 e. The fourth-order valence-electron chi connectivity index (χ4n) is 8.97. The molecule has 0 saturated carbocycles. The highest BCUT2D eigenvalue weighted by Gasteiger charge is 2.33. The van der Waals surface area contributed by atoms with Gasteiger partial charge in [0.05, 0.1) is 6.16 Å². The predicted octanol–water partition coefficient (Wildman–Crippen LogP) is 12.0. The predicted molar refractivity (Wildman–Crippen MR) is 279 cm³/mol. The summed E-state index contributed by atoms with van der Waals surface area (Å²) >= 11 is 0. The summed E-state index contributed by atoms with van der Waals surface area (Å²) in [6.45, 7) is 12.4. The zero-order chi connectivity index (χ0) is 42.2. The van der Waals surface area contributed by atoms with Crippen molar-refractivity contribution in [3.05, 3.63) is 241 Å². The van der Waals surface area contributed by atoms with Gasteiger partial charge in [-0.1, -0.05) is 239 Å². The lowest BCUT2D eigenvalue weighted by Crippen LogP contribution is -2.44. The van der Waals surface area contributed by atoms with Crippen LogP contribution in [0, 0.1) is 0 Å². The van der Waals surface area contributed by atoms with Crippen LogP contribution >= 0.6 is 15.2 Å². The van der Waals surface area contributed by atoms with Gasteiger partial charge in [-0.05, 0) is 75.8 Å². The van der Waals surface area contributed by atoms with Crippen LogP contribution in [0.5, 0.6) is 0 Å². The second-order valence-electron chi connectivity index (χ2n) is 17.5. The number of allylic oxidation sites excluding steroid dienone is 2. The van der Waals surface area contributed by atoms with Crippen molar-refractivity contribution < 1.29 is 0 Å². The van der Waals surface area contributed by atoms with E-state index in [2.05, 4.69) is 252 Å². The molecule has 0 fully saturated rings. The van der Waals surface area contributed by atoms with Crippen LogP contribution in [0.1, 0.15) is 22.3 Å². The molecule has 0 aromatic heterocycles. The van der Waals surface area contributed by atoms with Crippen LogP contribution in [0.4, 0.5) is 0 Å². The van der Waals surface area contributed by atoms with Gasteiger partial charge in [0, 0.05) is 27.3 Å². The van der Waals surface area contributed by atoms with Gasteiger partial charge in [0.2, 0.25) is 13.4 Å². The van der Waals surface area contributed by atoms with Crippen molar-refractivity contribution in [1.29, 1.82) is 0 Å². The molecule has 0 N–H and O–H groups in total. The van der Waals surface area contributed by atoms with E-state index in [-0.39, 0.29) is 21.3 Å². The largest absolute Gasteiger partial charge is 0.242 e. The molecule has 0 spiro atoms. The Morgan fingerprint density at radius 1 is 0.377 bits per heavy atom. The van der Waals surface area contributed by atoms with Crippen molar-refractivity contribution in [2.24, 2.45) is 0 Å². The third-order valence-corrected chi connectivity index (χ3v) is 13.8. The Labute approximate surface area is 367 Å². The first-order valence-corrected chi connectivity index (χ1v) is 27.2. The molecule has 8 aromatic rings. The first-order chi connectivity index (χ1) is 29.7. The topological polar surface area (TPSA) is 0 Å². The quantitative estimate of drug-likeness (QED) is 0.0582. The van der Waals surface area contributed by atoms with E-state index in [0.29, 0.717) is 0 Å². The average molecular weight is 824 g/mol. The Hall–Kier alpha value is -5.51. The van der Waals surface area contributed by atoms with Gasteiger partial charge in [0.15, 0.2) is 0 Å². The molecule has 0 atom stereocenters. The Balaban J connectivity index is 1.36. The molecule has 0 nitrogen and oxygen atoms in total. The summed E-state index contributed by atoms with van der Waals surface area (Å²) in [6, 6.07) is 81.3.